The van der Waals surface area contributed by atoms with Crippen molar-refractivity contribution >= 4 is 17.7 Å². The summed E-state index contributed by atoms with van der Waals surface area (Å²) in [5, 5.41) is 15.3. The van der Waals surface area contributed by atoms with Gasteiger partial charge < -0.3 is 25.3 Å². The number of carbonyl (C=O) groups is 2. The van der Waals surface area contributed by atoms with Gasteiger partial charge in [-0.15, -0.1) is 0 Å². The SMILES string of the molecule is COC(=O)N[C@H]1CCc2cccc3c2N(C1=O)[C@H](c1ncc(-c2ccc(-c4ccc(-c5cnc([C@@H]6C[C@H](C#N)CN6)[nH]5)cc4)cc2)[nH]1)C3. The predicted octanol–water partition coefficient (Wildman–Crippen LogP) is 5.61. The van der Waals surface area contributed by atoms with Gasteiger partial charge in [0.05, 0.1) is 60.6 Å². The molecule has 5 aromatic rings. The molecule has 0 spiro atoms. The van der Waals surface area contributed by atoms with Gasteiger partial charge in [-0.1, -0.05) is 66.7 Å². The minimum absolute atomic E-state index is 0.0226. The van der Waals surface area contributed by atoms with Crippen molar-refractivity contribution in [3.05, 3.63) is 102 Å². The second-order valence-corrected chi connectivity index (χ2v) is 12.6. The Bertz CT molecular complexity index is 2040. The van der Waals surface area contributed by atoms with Crippen LogP contribution in [0.4, 0.5) is 10.5 Å². The van der Waals surface area contributed by atoms with Gasteiger partial charge in [0.15, 0.2) is 0 Å². The number of alkyl carbamates (subject to hydrolysis) is 1. The van der Waals surface area contributed by atoms with E-state index >= 15 is 0 Å². The molecule has 2 amide bonds. The highest BCUT2D eigenvalue weighted by Crippen LogP contribution is 2.44. The van der Waals surface area contributed by atoms with E-state index in [1.54, 1.807) is 0 Å². The third-order valence-corrected chi connectivity index (χ3v) is 9.76. The van der Waals surface area contributed by atoms with Crippen LogP contribution in [0.3, 0.4) is 0 Å². The Morgan fingerprint density at radius 3 is 2.19 bits per heavy atom. The summed E-state index contributed by atoms with van der Waals surface area (Å²) in [6.07, 6.45) is 5.63. The number of nitriles is 1. The maximum Gasteiger partial charge on any atom is 0.407 e. The Kier molecular flexibility index (Phi) is 7.50. The number of aromatic amines is 2. The lowest BCUT2D eigenvalue weighted by atomic mass is 10.0. The molecule has 0 aliphatic carbocycles. The van der Waals surface area contributed by atoms with Gasteiger partial charge in [0.1, 0.15) is 17.7 Å². The number of carbonyl (C=O) groups excluding carboxylic acids is 2. The molecule has 0 radical (unpaired) electrons. The summed E-state index contributed by atoms with van der Waals surface area (Å²) in [4.78, 5) is 43.9. The zero-order chi connectivity index (χ0) is 32.8. The van der Waals surface area contributed by atoms with Gasteiger partial charge in [-0.2, -0.15) is 5.26 Å². The van der Waals surface area contributed by atoms with Crippen LogP contribution in [0.25, 0.3) is 33.6 Å². The van der Waals surface area contributed by atoms with Gasteiger partial charge in [-0.05, 0) is 52.6 Å². The van der Waals surface area contributed by atoms with Gasteiger partial charge >= 0.3 is 6.09 Å². The molecule has 11 nitrogen and oxygen atoms in total. The lowest BCUT2D eigenvalue weighted by Crippen LogP contribution is -2.48. The Morgan fingerprint density at radius 1 is 0.917 bits per heavy atom. The molecular weight excluding hydrogens is 604 g/mol. The molecule has 0 bridgehead atoms. The van der Waals surface area contributed by atoms with E-state index in [0.29, 0.717) is 31.6 Å². The van der Waals surface area contributed by atoms with Crippen molar-refractivity contribution in [2.24, 2.45) is 5.92 Å². The number of benzene rings is 3. The average molecular weight is 639 g/mol. The zero-order valence-corrected chi connectivity index (χ0v) is 26.4. The number of hydrogen-bond donors (Lipinski definition) is 4. The molecule has 1 fully saturated rings. The molecule has 3 aliphatic rings. The van der Waals surface area contributed by atoms with E-state index in [1.807, 2.05) is 23.4 Å². The predicted molar refractivity (Wildman–Crippen MR) is 180 cm³/mol. The normalized spacial score (nSPS) is 21.4. The van der Waals surface area contributed by atoms with Crippen molar-refractivity contribution in [2.45, 2.75) is 43.8 Å². The van der Waals surface area contributed by atoms with Crippen LogP contribution < -0.4 is 15.5 Å². The Balaban J connectivity index is 0.986. The molecule has 2 aromatic heterocycles. The number of para-hydroxylation sites is 1. The molecule has 0 unspecified atom stereocenters. The summed E-state index contributed by atoms with van der Waals surface area (Å²) in [5.41, 5.74) is 9.16. The summed E-state index contributed by atoms with van der Waals surface area (Å²) < 4.78 is 4.80. The van der Waals surface area contributed by atoms with Crippen molar-refractivity contribution in [1.82, 2.24) is 30.6 Å². The first kappa shape index (κ1) is 29.7. The minimum atomic E-state index is -0.682. The fourth-order valence-electron chi connectivity index (χ4n) is 7.22. The van der Waals surface area contributed by atoms with Gasteiger partial charge in [0, 0.05) is 13.0 Å². The van der Waals surface area contributed by atoms with Crippen LogP contribution in [0.1, 0.15) is 47.7 Å². The monoisotopic (exact) mass is 638 g/mol. The number of methoxy groups -OCH3 is 1. The molecule has 8 rings (SSSR count). The molecule has 240 valence electrons. The molecular formula is C37H34N8O3. The van der Waals surface area contributed by atoms with Crippen LogP contribution in [-0.4, -0.2) is 51.6 Å². The summed E-state index contributed by atoms with van der Waals surface area (Å²) in [6, 6.07) is 24.3. The number of anilines is 1. The fourth-order valence-corrected chi connectivity index (χ4v) is 7.22. The highest BCUT2D eigenvalue weighted by Gasteiger charge is 2.43. The number of H-pyrrole nitrogens is 2. The number of aromatic nitrogens is 4. The Labute approximate surface area is 277 Å². The van der Waals surface area contributed by atoms with E-state index in [0.717, 1.165) is 62.7 Å². The number of nitrogens with one attached hydrogen (secondary N) is 4. The third-order valence-electron chi connectivity index (χ3n) is 9.76. The number of ether oxygens (including phenoxy) is 1. The molecule has 5 heterocycles. The Hall–Kier alpha value is -5.73. The maximum absolute atomic E-state index is 13.8. The standard InChI is InChI=1S/C37H34N8O3/c1-48-37(47)44-28-14-13-26-3-2-4-27-16-32(45(33(26)27)36(28)46)35-41-20-31(43-35)25-11-7-23(8-12-25)22-5-9-24(10-6-22)30-19-40-34(42-30)29-15-21(17-38)18-39-29/h2-12,19-21,28-29,32,39H,13-16,18H2,1H3,(H,40,42)(H,41,43)(H,44,47)/t21-,28+,29+,32+/m1/s1. The lowest BCUT2D eigenvalue weighted by Gasteiger charge is -2.27. The van der Waals surface area contributed by atoms with Crippen molar-refractivity contribution in [3.8, 4) is 39.7 Å². The first-order valence-corrected chi connectivity index (χ1v) is 16.2. The van der Waals surface area contributed by atoms with E-state index < -0.39 is 12.1 Å². The summed E-state index contributed by atoms with van der Waals surface area (Å²) in [6.45, 7) is 0.694. The largest absolute Gasteiger partial charge is 0.453 e. The highest BCUT2D eigenvalue weighted by atomic mass is 16.5. The molecule has 0 saturated carbocycles. The summed E-state index contributed by atoms with van der Waals surface area (Å²) in [7, 11) is 1.30. The molecule has 1 saturated heterocycles. The minimum Gasteiger partial charge on any atom is -0.453 e. The van der Waals surface area contributed by atoms with Crippen molar-refractivity contribution in [3.63, 3.8) is 0 Å². The van der Waals surface area contributed by atoms with Crippen LogP contribution in [0.5, 0.6) is 0 Å². The number of imidazole rings is 2. The second-order valence-electron chi connectivity index (χ2n) is 12.6. The molecule has 3 aliphatic heterocycles. The van der Waals surface area contributed by atoms with Gasteiger partial charge in [0.2, 0.25) is 5.91 Å². The van der Waals surface area contributed by atoms with Crippen LogP contribution in [0, 0.1) is 17.2 Å². The van der Waals surface area contributed by atoms with Crippen LogP contribution >= 0.6 is 0 Å². The third kappa shape index (κ3) is 5.30. The van der Waals surface area contributed by atoms with Crippen molar-refractivity contribution < 1.29 is 14.3 Å². The summed E-state index contributed by atoms with van der Waals surface area (Å²) >= 11 is 0. The summed E-state index contributed by atoms with van der Waals surface area (Å²) in [5.74, 6) is 1.43. The van der Waals surface area contributed by atoms with Gasteiger partial charge in [0.25, 0.3) is 0 Å². The Morgan fingerprint density at radius 2 is 1.54 bits per heavy atom. The molecule has 11 heteroatoms. The number of amides is 2. The average Bonchev–Trinajstić information content (AvgIpc) is 3.94. The fraction of sp³-hybridized carbons (Fsp3) is 0.270. The number of rotatable bonds is 6. The van der Waals surface area contributed by atoms with Crippen molar-refractivity contribution in [2.75, 3.05) is 18.6 Å². The van der Waals surface area contributed by atoms with E-state index in [9.17, 15) is 14.9 Å². The van der Waals surface area contributed by atoms with E-state index in [2.05, 4.69) is 92.3 Å². The van der Waals surface area contributed by atoms with Crippen molar-refractivity contribution in [1.29, 1.82) is 5.26 Å². The van der Waals surface area contributed by atoms with E-state index in [-0.39, 0.29) is 23.9 Å². The van der Waals surface area contributed by atoms with Crippen LogP contribution in [-0.2, 0) is 22.4 Å². The number of nitrogens with zero attached hydrogens (tertiary/aromatic N) is 4. The molecule has 3 aromatic carbocycles. The first-order valence-electron chi connectivity index (χ1n) is 16.2. The second kappa shape index (κ2) is 12.1. The highest BCUT2D eigenvalue weighted by molar-refractivity contribution is 6.02. The quantitative estimate of drug-likeness (QED) is 0.189. The zero-order valence-electron chi connectivity index (χ0n) is 26.4. The van der Waals surface area contributed by atoms with Gasteiger partial charge in [-0.25, -0.2) is 14.8 Å². The number of aryl methyl sites for hydroxylation is 1. The maximum atomic E-state index is 13.8. The smallest absolute Gasteiger partial charge is 0.407 e. The molecule has 48 heavy (non-hydrogen) atoms. The molecule has 4 N–H and O–H groups in total. The van der Waals surface area contributed by atoms with Gasteiger partial charge in [-0.3, -0.25) is 9.69 Å². The van der Waals surface area contributed by atoms with E-state index in [4.69, 9.17) is 9.72 Å². The molecule has 4 atom stereocenters. The van der Waals surface area contributed by atoms with Crippen LogP contribution in [0.15, 0.2) is 79.1 Å². The lowest BCUT2D eigenvalue weighted by molar-refractivity contribution is -0.121. The van der Waals surface area contributed by atoms with Crippen LogP contribution in [0.2, 0.25) is 0 Å². The first-order chi connectivity index (χ1) is 23.5. The number of hydrogen-bond acceptors (Lipinski definition) is 7. The van der Waals surface area contributed by atoms with E-state index in [1.165, 1.54) is 7.11 Å². The topological polar surface area (TPSA) is 152 Å².